The molecule has 0 saturated heterocycles. The number of ether oxygens (including phenoxy) is 1. The van der Waals surface area contributed by atoms with Crippen LogP contribution in [0.2, 0.25) is 5.02 Å². The molecule has 0 atom stereocenters. The van der Waals surface area contributed by atoms with Gasteiger partial charge in [0.05, 0.1) is 0 Å². The van der Waals surface area contributed by atoms with Crippen molar-refractivity contribution in [3.63, 3.8) is 0 Å². The normalized spacial score (nSPS) is 8.50. The second-order valence-electron chi connectivity index (χ2n) is 2.05. The van der Waals surface area contributed by atoms with Crippen LogP contribution < -0.4 is 10.9 Å². The Morgan fingerprint density at radius 3 is 2.67 bits per heavy atom. The molecule has 0 unspecified atom stereocenters. The van der Waals surface area contributed by atoms with Crippen LogP contribution in [0.3, 0.4) is 0 Å². The lowest BCUT2D eigenvalue weighted by atomic mass is 10.3. The van der Waals surface area contributed by atoms with Crippen molar-refractivity contribution in [2.75, 3.05) is 0 Å². The van der Waals surface area contributed by atoms with Crippen molar-refractivity contribution >= 4 is 17.6 Å². The van der Waals surface area contributed by atoms with Gasteiger partial charge in [-0.2, -0.15) is 0 Å². The molecule has 0 radical (unpaired) electrons. The summed E-state index contributed by atoms with van der Waals surface area (Å²) in [5.41, 5.74) is 0. The maximum absolute atomic E-state index is 10.5. The molecule has 0 aromatic heterocycles. The monoisotopic (exact) mass is 187 g/mol. The maximum atomic E-state index is 10.5. The Kier molecular flexibility index (Phi) is 4.33. The van der Waals surface area contributed by atoms with Crippen molar-refractivity contribution in [1.29, 1.82) is 0 Å². The van der Waals surface area contributed by atoms with E-state index in [0.29, 0.717) is 10.8 Å². The van der Waals surface area contributed by atoms with Gasteiger partial charge in [0.1, 0.15) is 5.75 Å². The van der Waals surface area contributed by atoms with E-state index in [0.717, 1.165) is 0 Å². The Hall–Kier alpha value is -1.06. The molecular formula is C8H10ClNO2. The lowest BCUT2D eigenvalue weighted by Gasteiger charge is -1.99. The summed E-state index contributed by atoms with van der Waals surface area (Å²) in [7, 11) is 0. The highest BCUT2D eigenvalue weighted by Crippen LogP contribution is 2.16. The Labute approximate surface area is 75.9 Å². The first-order chi connectivity index (χ1) is 5.18. The lowest BCUT2D eigenvalue weighted by Crippen LogP contribution is -2.00. The number of rotatable bonds is 1. The zero-order chi connectivity index (χ0) is 8.27. The summed E-state index contributed by atoms with van der Waals surface area (Å²) in [5.74, 6) is 0.136. The van der Waals surface area contributed by atoms with Crippen molar-refractivity contribution < 1.29 is 9.53 Å². The Bertz CT molecular complexity index is 276. The third-order valence-electron chi connectivity index (χ3n) is 1.06. The van der Waals surface area contributed by atoms with Gasteiger partial charge in [-0.1, -0.05) is 17.7 Å². The Morgan fingerprint density at radius 1 is 1.50 bits per heavy atom. The zero-order valence-corrected chi connectivity index (χ0v) is 7.47. The molecule has 1 aromatic carbocycles. The molecule has 12 heavy (non-hydrogen) atoms. The second kappa shape index (κ2) is 4.74. The van der Waals surface area contributed by atoms with Gasteiger partial charge in [-0.3, -0.25) is 4.79 Å². The molecule has 0 aliphatic carbocycles. The standard InChI is InChI=1S/C8H7ClO2.H3N/c1-6(10)11-8-4-2-3-7(9)5-8;/h2-5H,1H3;1H3. The highest BCUT2D eigenvalue weighted by atomic mass is 35.5. The van der Waals surface area contributed by atoms with E-state index < -0.39 is 0 Å². The molecule has 0 amide bonds. The van der Waals surface area contributed by atoms with E-state index in [-0.39, 0.29) is 12.1 Å². The van der Waals surface area contributed by atoms with Crippen molar-refractivity contribution in [3.8, 4) is 5.75 Å². The summed E-state index contributed by atoms with van der Waals surface area (Å²) >= 11 is 5.64. The Morgan fingerprint density at radius 2 is 2.17 bits per heavy atom. The maximum Gasteiger partial charge on any atom is 0.308 e. The predicted octanol–water partition coefficient (Wildman–Crippen LogP) is 2.43. The largest absolute Gasteiger partial charge is 0.427 e. The molecule has 3 N–H and O–H groups in total. The third-order valence-corrected chi connectivity index (χ3v) is 1.29. The minimum Gasteiger partial charge on any atom is -0.427 e. The average Bonchev–Trinajstić information content (AvgIpc) is 1.85. The molecule has 1 rings (SSSR count). The summed E-state index contributed by atoms with van der Waals surface area (Å²) in [6.07, 6.45) is 0. The number of carbonyl (C=O) groups excluding carboxylic acids is 1. The van der Waals surface area contributed by atoms with Crippen LogP contribution in [0.15, 0.2) is 24.3 Å². The molecule has 0 spiro atoms. The van der Waals surface area contributed by atoms with Gasteiger partial charge in [-0.05, 0) is 18.2 Å². The molecule has 0 saturated carbocycles. The first-order valence-corrected chi connectivity index (χ1v) is 3.50. The average molecular weight is 188 g/mol. The molecule has 0 fully saturated rings. The fourth-order valence-electron chi connectivity index (χ4n) is 0.696. The van der Waals surface area contributed by atoms with Crippen LogP contribution in [0, 0.1) is 0 Å². The summed E-state index contributed by atoms with van der Waals surface area (Å²) in [6, 6.07) is 6.70. The molecule has 0 aliphatic rings. The highest BCUT2D eigenvalue weighted by Gasteiger charge is 1.96. The van der Waals surface area contributed by atoms with Gasteiger partial charge < -0.3 is 10.9 Å². The van der Waals surface area contributed by atoms with Gasteiger partial charge >= 0.3 is 5.97 Å². The van der Waals surface area contributed by atoms with E-state index in [1.165, 1.54) is 6.92 Å². The van der Waals surface area contributed by atoms with E-state index >= 15 is 0 Å². The van der Waals surface area contributed by atoms with Crippen LogP contribution in [0.1, 0.15) is 6.92 Å². The molecule has 0 heterocycles. The van der Waals surface area contributed by atoms with Gasteiger partial charge in [-0.25, -0.2) is 0 Å². The fourth-order valence-corrected chi connectivity index (χ4v) is 0.877. The van der Waals surface area contributed by atoms with Crippen LogP contribution >= 0.6 is 11.6 Å². The van der Waals surface area contributed by atoms with Crippen molar-refractivity contribution in [1.82, 2.24) is 6.15 Å². The van der Waals surface area contributed by atoms with Crippen molar-refractivity contribution in [2.45, 2.75) is 6.92 Å². The minimum absolute atomic E-state index is 0. The summed E-state index contributed by atoms with van der Waals surface area (Å²) < 4.78 is 4.77. The third kappa shape index (κ3) is 3.37. The van der Waals surface area contributed by atoms with E-state index in [1.807, 2.05) is 0 Å². The second-order valence-corrected chi connectivity index (χ2v) is 2.49. The molecule has 1 aromatic rings. The number of carbonyl (C=O) groups is 1. The quantitative estimate of drug-likeness (QED) is 0.543. The van der Waals surface area contributed by atoms with Crippen LogP contribution in [-0.4, -0.2) is 5.97 Å². The molecule has 66 valence electrons. The fraction of sp³-hybridized carbons (Fsp3) is 0.125. The molecule has 0 bridgehead atoms. The number of hydrogen-bond donors (Lipinski definition) is 1. The molecule has 4 heteroatoms. The number of benzene rings is 1. The van der Waals surface area contributed by atoms with Crippen LogP contribution in [-0.2, 0) is 4.79 Å². The molecular weight excluding hydrogens is 178 g/mol. The van der Waals surface area contributed by atoms with Gasteiger partial charge in [-0.15, -0.1) is 0 Å². The lowest BCUT2D eigenvalue weighted by molar-refractivity contribution is -0.131. The van der Waals surface area contributed by atoms with Gasteiger partial charge in [0, 0.05) is 11.9 Å². The molecule has 0 aliphatic heterocycles. The number of hydrogen-bond acceptors (Lipinski definition) is 3. The number of esters is 1. The minimum atomic E-state index is -0.340. The smallest absolute Gasteiger partial charge is 0.308 e. The topological polar surface area (TPSA) is 61.3 Å². The van der Waals surface area contributed by atoms with E-state index in [2.05, 4.69) is 0 Å². The van der Waals surface area contributed by atoms with E-state index in [1.54, 1.807) is 24.3 Å². The van der Waals surface area contributed by atoms with E-state index in [4.69, 9.17) is 16.3 Å². The van der Waals surface area contributed by atoms with Crippen molar-refractivity contribution in [2.24, 2.45) is 0 Å². The predicted molar refractivity (Wildman–Crippen MR) is 47.8 cm³/mol. The van der Waals surface area contributed by atoms with Gasteiger partial charge in [0.15, 0.2) is 0 Å². The van der Waals surface area contributed by atoms with Gasteiger partial charge in [0.25, 0.3) is 0 Å². The first kappa shape index (κ1) is 10.9. The van der Waals surface area contributed by atoms with Crippen molar-refractivity contribution in [3.05, 3.63) is 29.3 Å². The highest BCUT2D eigenvalue weighted by molar-refractivity contribution is 6.30. The summed E-state index contributed by atoms with van der Waals surface area (Å²) in [5, 5.41) is 0.559. The Balaban J connectivity index is 0.00000121. The van der Waals surface area contributed by atoms with Gasteiger partial charge in [0.2, 0.25) is 0 Å². The number of halogens is 1. The first-order valence-electron chi connectivity index (χ1n) is 3.12. The van der Waals surface area contributed by atoms with Crippen LogP contribution in [0.25, 0.3) is 0 Å². The van der Waals surface area contributed by atoms with E-state index in [9.17, 15) is 4.79 Å². The summed E-state index contributed by atoms with van der Waals surface area (Å²) in [6.45, 7) is 1.35. The SMILES string of the molecule is CC(=O)Oc1cccc(Cl)c1.N. The van der Waals surface area contributed by atoms with Crippen LogP contribution in [0.5, 0.6) is 5.75 Å². The zero-order valence-electron chi connectivity index (χ0n) is 6.71. The molecule has 3 nitrogen and oxygen atoms in total. The van der Waals surface area contributed by atoms with Crippen LogP contribution in [0.4, 0.5) is 0 Å². The summed E-state index contributed by atoms with van der Waals surface area (Å²) in [4.78, 5) is 10.5.